The van der Waals surface area contributed by atoms with E-state index < -0.39 is 0 Å². The number of hydrogen-bond acceptors (Lipinski definition) is 2. The van der Waals surface area contributed by atoms with Crippen LogP contribution in [0, 0.1) is 20.8 Å². The van der Waals surface area contributed by atoms with Gasteiger partial charge in [0.2, 0.25) is 0 Å². The van der Waals surface area contributed by atoms with Gasteiger partial charge in [-0.15, -0.1) is 0 Å². The van der Waals surface area contributed by atoms with Gasteiger partial charge in [0, 0.05) is 0 Å². The van der Waals surface area contributed by atoms with Crippen molar-refractivity contribution in [1.29, 1.82) is 0 Å². The maximum absolute atomic E-state index is 12.3. The molecule has 120 valence electrons. The molecule has 2 heteroatoms. The number of carbonyl (C=O) groups is 1. The summed E-state index contributed by atoms with van der Waals surface area (Å²) in [6.07, 6.45) is 0. The molecule has 3 aromatic rings. The van der Waals surface area contributed by atoms with Crippen LogP contribution in [0.15, 0.2) is 66.7 Å². The van der Waals surface area contributed by atoms with Gasteiger partial charge in [-0.3, -0.25) is 0 Å². The Hall–Kier alpha value is -2.87. The predicted molar refractivity (Wildman–Crippen MR) is 97.5 cm³/mol. The summed E-state index contributed by atoms with van der Waals surface area (Å²) < 4.78 is 5.48. The maximum atomic E-state index is 12.3. The molecule has 3 aromatic carbocycles. The molecule has 24 heavy (non-hydrogen) atoms. The second kappa shape index (κ2) is 6.71. The van der Waals surface area contributed by atoms with Gasteiger partial charge in [0.1, 0.15) is 5.75 Å². The Kier molecular flexibility index (Phi) is 4.48. The van der Waals surface area contributed by atoms with Crippen LogP contribution in [0.4, 0.5) is 0 Å². The lowest BCUT2D eigenvalue weighted by molar-refractivity contribution is 0.0734. The average Bonchev–Trinajstić information content (AvgIpc) is 2.55. The van der Waals surface area contributed by atoms with E-state index in [-0.39, 0.29) is 5.97 Å². The minimum absolute atomic E-state index is 0.329. The van der Waals surface area contributed by atoms with E-state index in [1.54, 1.807) is 0 Å². The zero-order valence-corrected chi connectivity index (χ0v) is 14.2. The third kappa shape index (κ3) is 3.72. The quantitative estimate of drug-likeness (QED) is 0.471. The van der Waals surface area contributed by atoms with E-state index >= 15 is 0 Å². The molecule has 0 saturated carbocycles. The van der Waals surface area contributed by atoms with E-state index in [2.05, 4.69) is 31.2 Å². The van der Waals surface area contributed by atoms with Gasteiger partial charge >= 0.3 is 5.97 Å². The molecule has 0 fully saturated rings. The lowest BCUT2D eigenvalue weighted by Gasteiger charge is -2.08. The fraction of sp³-hybridized carbons (Fsp3) is 0.136. The number of carbonyl (C=O) groups excluding carboxylic acids is 1. The van der Waals surface area contributed by atoms with Crippen molar-refractivity contribution in [3.8, 4) is 16.9 Å². The Balaban J connectivity index is 1.76. The summed E-state index contributed by atoms with van der Waals surface area (Å²) in [4.78, 5) is 12.3. The number of hydrogen-bond donors (Lipinski definition) is 0. The van der Waals surface area contributed by atoms with E-state index in [4.69, 9.17) is 4.74 Å². The highest BCUT2D eigenvalue weighted by Gasteiger charge is 2.10. The van der Waals surface area contributed by atoms with Crippen LogP contribution >= 0.6 is 0 Å². The highest BCUT2D eigenvalue weighted by atomic mass is 16.5. The van der Waals surface area contributed by atoms with Gasteiger partial charge in [0.05, 0.1) is 5.56 Å². The highest BCUT2D eigenvalue weighted by molar-refractivity contribution is 5.91. The Morgan fingerprint density at radius 1 is 0.667 bits per heavy atom. The molecule has 3 rings (SSSR count). The molecule has 0 radical (unpaired) electrons. The van der Waals surface area contributed by atoms with Gasteiger partial charge in [-0.25, -0.2) is 4.79 Å². The summed E-state index contributed by atoms with van der Waals surface area (Å²) in [6, 6.07) is 21.7. The number of ether oxygens (including phenoxy) is 1. The van der Waals surface area contributed by atoms with E-state index in [1.165, 1.54) is 5.56 Å². The monoisotopic (exact) mass is 316 g/mol. The van der Waals surface area contributed by atoms with Gasteiger partial charge in [-0.2, -0.15) is 0 Å². The van der Waals surface area contributed by atoms with Crippen molar-refractivity contribution >= 4 is 5.97 Å². The standard InChI is InChI=1S/C22H20O2/c1-15-4-6-18(7-5-15)19-8-10-21(11-9-19)24-22(23)20-13-16(2)12-17(3)14-20/h4-14H,1-3H3. The van der Waals surface area contributed by atoms with Gasteiger partial charge in [0.25, 0.3) is 0 Å². The first-order chi connectivity index (χ1) is 11.5. The number of benzene rings is 3. The summed E-state index contributed by atoms with van der Waals surface area (Å²) in [7, 11) is 0. The number of aryl methyl sites for hydroxylation is 3. The van der Waals surface area contributed by atoms with Crippen LogP contribution in [0.5, 0.6) is 5.75 Å². The Morgan fingerprint density at radius 2 is 1.17 bits per heavy atom. The van der Waals surface area contributed by atoms with Crippen LogP contribution in [-0.2, 0) is 0 Å². The van der Waals surface area contributed by atoms with E-state index in [0.717, 1.165) is 22.3 Å². The van der Waals surface area contributed by atoms with Crippen LogP contribution < -0.4 is 4.74 Å². The third-order valence-electron chi connectivity index (χ3n) is 3.91. The zero-order chi connectivity index (χ0) is 17.1. The van der Waals surface area contributed by atoms with Crippen LogP contribution in [0.2, 0.25) is 0 Å². The zero-order valence-electron chi connectivity index (χ0n) is 14.2. The average molecular weight is 316 g/mol. The van der Waals surface area contributed by atoms with E-state index in [1.807, 2.05) is 56.3 Å². The van der Waals surface area contributed by atoms with Crippen molar-refractivity contribution in [2.24, 2.45) is 0 Å². The first-order valence-electron chi connectivity index (χ1n) is 7.99. The fourth-order valence-electron chi connectivity index (χ4n) is 2.72. The third-order valence-corrected chi connectivity index (χ3v) is 3.91. The molecule has 0 spiro atoms. The Labute approximate surface area is 142 Å². The molecule has 0 saturated heterocycles. The first kappa shape index (κ1) is 16.0. The molecule has 0 N–H and O–H groups in total. The normalized spacial score (nSPS) is 10.5. The summed E-state index contributed by atoms with van der Waals surface area (Å²) in [5, 5.41) is 0. The lowest BCUT2D eigenvalue weighted by Crippen LogP contribution is -2.09. The molecule has 0 atom stereocenters. The van der Waals surface area contributed by atoms with Crippen molar-refractivity contribution in [2.75, 3.05) is 0 Å². The molecule has 0 heterocycles. The predicted octanol–water partition coefficient (Wildman–Crippen LogP) is 5.50. The molecule has 0 bridgehead atoms. The first-order valence-corrected chi connectivity index (χ1v) is 7.99. The van der Waals surface area contributed by atoms with Crippen molar-refractivity contribution < 1.29 is 9.53 Å². The van der Waals surface area contributed by atoms with Crippen molar-refractivity contribution in [3.63, 3.8) is 0 Å². The van der Waals surface area contributed by atoms with Crippen LogP contribution in [0.3, 0.4) is 0 Å². The van der Waals surface area contributed by atoms with Crippen molar-refractivity contribution in [2.45, 2.75) is 20.8 Å². The van der Waals surface area contributed by atoms with E-state index in [9.17, 15) is 4.79 Å². The van der Waals surface area contributed by atoms with Gasteiger partial charge < -0.3 is 4.74 Å². The van der Waals surface area contributed by atoms with Gasteiger partial charge in [-0.05, 0) is 56.2 Å². The summed E-state index contributed by atoms with van der Waals surface area (Å²) >= 11 is 0. The van der Waals surface area contributed by atoms with Crippen molar-refractivity contribution in [1.82, 2.24) is 0 Å². The SMILES string of the molecule is Cc1ccc(-c2ccc(OC(=O)c3cc(C)cc(C)c3)cc2)cc1. The lowest BCUT2D eigenvalue weighted by atomic mass is 10.0. The molecule has 0 unspecified atom stereocenters. The Bertz CT molecular complexity index is 839. The summed E-state index contributed by atoms with van der Waals surface area (Å²) in [6.45, 7) is 6.01. The van der Waals surface area contributed by atoms with Crippen LogP contribution in [0.1, 0.15) is 27.0 Å². The molecule has 0 amide bonds. The van der Waals surface area contributed by atoms with E-state index in [0.29, 0.717) is 11.3 Å². The minimum Gasteiger partial charge on any atom is -0.423 e. The van der Waals surface area contributed by atoms with Gasteiger partial charge in [-0.1, -0.05) is 59.2 Å². The van der Waals surface area contributed by atoms with Crippen LogP contribution in [-0.4, -0.2) is 5.97 Å². The molecule has 0 aliphatic heterocycles. The second-order valence-corrected chi connectivity index (χ2v) is 6.16. The van der Waals surface area contributed by atoms with Crippen molar-refractivity contribution in [3.05, 3.63) is 89.0 Å². The fourth-order valence-corrected chi connectivity index (χ4v) is 2.72. The van der Waals surface area contributed by atoms with Crippen LogP contribution in [0.25, 0.3) is 11.1 Å². The molecule has 0 aliphatic rings. The second-order valence-electron chi connectivity index (χ2n) is 6.16. The smallest absolute Gasteiger partial charge is 0.343 e. The molecule has 2 nitrogen and oxygen atoms in total. The Morgan fingerprint density at radius 3 is 1.71 bits per heavy atom. The highest BCUT2D eigenvalue weighted by Crippen LogP contribution is 2.23. The molecule has 0 aliphatic carbocycles. The summed E-state index contributed by atoms with van der Waals surface area (Å²) in [5.74, 6) is 0.222. The number of rotatable bonds is 3. The summed E-state index contributed by atoms with van der Waals surface area (Å²) in [5.41, 5.74) is 6.16. The maximum Gasteiger partial charge on any atom is 0.343 e. The number of esters is 1. The molecular weight excluding hydrogens is 296 g/mol. The molecule has 0 aromatic heterocycles. The minimum atomic E-state index is -0.329. The largest absolute Gasteiger partial charge is 0.423 e. The van der Waals surface area contributed by atoms with Gasteiger partial charge in [0.15, 0.2) is 0 Å². The molecular formula is C22H20O2. The topological polar surface area (TPSA) is 26.3 Å².